The van der Waals surface area contributed by atoms with Gasteiger partial charge < -0.3 is 28.6 Å². The number of carbonyl (C=O) groups is 3. The molecular formula is C34H43F2N3O7. The zero-order valence-corrected chi connectivity index (χ0v) is 27.0. The highest BCUT2D eigenvalue weighted by molar-refractivity contribution is 5.87. The fourth-order valence-corrected chi connectivity index (χ4v) is 7.74. The Labute approximate surface area is 267 Å². The van der Waals surface area contributed by atoms with Crippen LogP contribution in [0.5, 0.6) is 11.6 Å². The van der Waals surface area contributed by atoms with Crippen molar-refractivity contribution in [1.82, 2.24) is 14.9 Å². The molecule has 1 amide bonds. The molecule has 2 aliphatic heterocycles. The standard InChI is InChI=1S/C34H43F2N3O7/c1-6-20-26(16-40)39-15-28(20)46-31-30(37-24-8-7-19(43-5)13-25(24)38-31)34(35,36)17-44-10-9-21-22-11-18(22)12-27(21)45-29(41)14-23(32(39)42)33(2,3)4/h7-8,13,16,18,20-23,26-28H,6,9-12,14-15,17H2,1-5H3/t18?,20-,21+,22?,23+,26+,27+,28-/m0/s1. The van der Waals surface area contributed by atoms with E-state index in [-0.39, 0.29) is 48.9 Å². The van der Waals surface area contributed by atoms with Gasteiger partial charge in [0.25, 0.3) is 0 Å². The van der Waals surface area contributed by atoms with Crippen LogP contribution in [0.2, 0.25) is 0 Å². The lowest BCUT2D eigenvalue weighted by Crippen LogP contribution is -2.46. The summed E-state index contributed by atoms with van der Waals surface area (Å²) >= 11 is 0. The third-order valence-corrected chi connectivity index (χ3v) is 10.4. The molecule has 4 aliphatic rings. The van der Waals surface area contributed by atoms with Gasteiger partial charge in [0.15, 0.2) is 5.69 Å². The Hall–Kier alpha value is -3.41. The summed E-state index contributed by atoms with van der Waals surface area (Å²) in [5, 5.41) is 0. The summed E-state index contributed by atoms with van der Waals surface area (Å²) in [6.45, 7) is 6.56. The third-order valence-electron chi connectivity index (χ3n) is 10.4. The van der Waals surface area contributed by atoms with E-state index >= 15 is 8.78 Å². The number of hydrogen-bond donors (Lipinski definition) is 0. The highest BCUT2D eigenvalue weighted by atomic mass is 19.3. The van der Waals surface area contributed by atoms with Crippen LogP contribution in [0.3, 0.4) is 0 Å². The first-order chi connectivity index (χ1) is 21.8. The lowest BCUT2D eigenvalue weighted by atomic mass is 9.77. The maximum atomic E-state index is 16.0. The van der Waals surface area contributed by atoms with Crippen molar-refractivity contribution in [3.05, 3.63) is 23.9 Å². The number of esters is 1. The summed E-state index contributed by atoms with van der Waals surface area (Å²) in [4.78, 5) is 50.3. The molecular weight excluding hydrogens is 600 g/mol. The number of hydrogen-bond acceptors (Lipinski definition) is 9. The second-order valence-electron chi connectivity index (χ2n) is 14.3. The highest BCUT2D eigenvalue weighted by Gasteiger charge is 2.55. The van der Waals surface area contributed by atoms with Crippen LogP contribution in [0.1, 0.15) is 65.5 Å². The normalized spacial score (nSPS) is 33.2. The number of ether oxygens (including phenoxy) is 4. The molecule has 12 heteroatoms. The fourth-order valence-electron chi connectivity index (χ4n) is 7.74. The summed E-state index contributed by atoms with van der Waals surface area (Å²) in [5.74, 6) is -4.78. The van der Waals surface area contributed by atoms with Crippen molar-refractivity contribution in [3.63, 3.8) is 0 Å². The molecule has 2 saturated carbocycles. The van der Waals surface area contributed by atoms with Crippen molar-refractivity contribution in [2.24, 2.45) is 35.0 Å². The van der Waals surface area contributed by atoms with E-state index < -0.39 is 53.6 Å². The predicted molar refractivity (Wildman–Crippen MR) is 162 cm³/mol. The number of aldehydes is 1. The number of carbonyl (C=O) groups excluding carboxylic acids is 3. The Morgan fingerprint density at radius 2 is 1.87 bits per heavy atom. The maximum Gasteiger partial charge on any atom is 0.317 e. The van der Waals surface area contributed by atoms with Gasteiger partial charge in [-0.25, -0.2) is 9.97 Å². The summed E-state index contributed by atoms with van der Waals surface area (Å²) in [5.41, 5.74) is -0.778. The molecule has 250 valence electrons. The molecule has 2 aromatic rings. The van der Waals surface area contributed by atoms with Gasteiger partial charge in [0.05, 0.1) is 43.1 Å². The number of methoxy groups -OCH3 is 1. The average Bonchev–Trinajstić information content (AvgIpc) is 3.55. The van der Waals surface area contributed by atoms with Crippen LogP contribution in [0.25, 0.3) is 11.0 Å². The summed E-state index contributed by atoms with van der Waals surface area (Å²) in [6.07, 6.45) is 2.03. The second-order valence-corrected chi connectivity index (χ2v) is 14.3. The van der Waals surface area contributed by atoms with Gasteiger partial charge >= 0.3 is 11.9 Å². The molecule has 8 atom stereocenters. The Balaban J connectivity index is 1.41. The molecule has 10 nitrogen and oxygen atoms in total. The number of halogens is 2. The topological polar surface area (TPSA) is 117 Å². The predicted octanol–water partition coefficient (Wildman–Crippen LogP) is 4.95. The van der Waals surface area contributed by atoms with Gasteiger partial charge in [0.2, 0.25) is 11.8 Å². The number of aromatic nitrogens is 2. The van der Waals surface area contributed by atoms with Crippen LogP contribution < -0.4 is 9.47 Å². The molecule has 3 heterocycles. The van der Waals surface area contributed by atoms with E-state index in [1.54, 1.807) is 18.2 Å². The number of benzene rings is 1. The Morgan fingerprint density at radius 3 is 2.57 bits per heavy atom. The molecule has 46 heavy (non-hydrogen) atoms. The van der Waals surface area contributed by atoms with Crippen LogP contribution in [-0.4, -0.2) is 78.1 Å². The SMILES string of the molecule is CC[C@@H]1[C@@H]2CN(C(=O)[C@H](C(C)(C)C)CC(=O)O[C@@H]3CC4CC4[C@H]3CCOCC(F)(F)c3nc4ccc(OC)cc4nc3O2)[C@@H]1C=O. The number of fused-ring (bicyclic) bond motifs is 7. The molecule has 1 saturated heterocycles. The Bertz CT molecular complexity index is 1500. The minimum atomic E-state index is -3.57. The van der Waals surface area contributed by atoms with E-state index in [4.69, 9.17) is 18.9 Å². The van der Waals surface area contributed by atoms with Crippen LogP contribution in [0, 0.1) is 35.0 Å². The monoisotopic (exact) mass is 643 g/mol. The molecule has 1 aromatic carbocycles. The number of alkyl halides is 2. The van der Waals surface area contributed by atoms with Crippen molar-refractivity contribution in [2.75, 3.05) is 26.9 Å². The number of nitrogens with zero attached hydrogens (tertiary/aromatic N) is 3. The van der Waals surface area contributed by atoms with Gasteiger partial charge in [0.1, 0.15) is 30.9 Å². The molecule has 1 aromatic heterocycles. The minimum absolute atomic E-state index is 0.00340. The lowest BCUT2D eigenvalue weighted by Gasteiger charge is -2.34. The largest absolute Gasteiger partial charge is 0.497 e. The van der Waals surface area contributed by atoms with E-state index in [1.807, 2.05) is 27.7 Å². The van der Waals surface area contributed by atoms with Crippen molar-refractivity contribution in [3.8, 4) is 11.6 Å². The van der Waals surface area contributed by atoms with Crippen molar-refractivity contribution >= 4 is 29.2 Å². The molecule has 2 unspecified atom stereocenters. The molecule has 0 radical (unpaired) electrons. The van der Waals surface area contributed by atoms with Crippen molar-refractivity contribution in [1.29, 1.82) is 0 Å². The first-order valence-corrected chi connectivity index (χ1v) is 16.3. The number of rotatable bonds is 3. The molecule has 6 rings (SSSR count). The van der Waals surface area contributed by atoms with Crippen LogP contribution in [0.4, 0.5) is 8.78 Å². The van der Waals surface area contributed by atoms with Gasteiger partial charge in [-0.3, -0.25) is 9.59 Å². The lowest BCUT2D eigenvalue weighted by molar-refractivity contribution is -0.158. The highest BCUT2D eigenvalue weighted by Crippen LogP contribution is 2.57. The third kappa shape index (κ3) is 6.16. The molecule has 3 fully saturated rings. The van der Waals surface area contributed by atoms with Gasteiger partial charge in [-0.2, -0.15) is 8.78 Å². The van der Waals surface area contributed by atoms with E-state index in [2.05, 4.69) is 9.97 Å². The average molecular weight is 644 g/mol. The van der Waals surface area contributed by atoms with E-state index in [0.29, 0.717) is 42.2 Å². The smallest absolute Gasteiger partial charge is 0.317 e. The fraction of sp³-hybridized carbons (Fsp3) is 0.676. The maximum absolute atomic E-state index is 16.0. The summed E-state index contributed by atoms with van der Waals surface area (Å²) in [6, 6.07) is 3.87. The first kappa shape index (κ1) is 32.5. The minimum Gasteiger partial charge on any atom is -0.497 e. The van der Waals surface area contributed by atoms with E-state index in [1.165, 1.54) is 12.0 Å². The summed E-state index contributed by atoms with van der Waals surface area (Å²) < 4.78 is 55.1. The zero-order chi connectivity index (χ0) is 33.0. The second kappa shape index (κ2) is 12.3. The van der Waals surface area contributed by atoms with Gasteiger partial charge in [-0.1, -0.05) is 27.7 Å². The molecule has 2 bridgehead atoms. The van der Waals surface area contributed by atoms with Crippen molar-refractivity contribution in [2.45, 2.75) is 84.0 Å². The van der Waals surface area contributed by atoms with Crippen molar-refractivity contribution < 1.29 is 42.1 Å². The van der Waals surface area contributed by atoms with Crippen LogP contribution in [-0.2, 0) is 29.8 Å². The van der Waals surface area contributed by atoms with Gasteiger partial charge in [0, 0.05) is 24.5 Å². The zero-order valence-electron chi connectivity index (χ0n) is 27.0. The summed E-state index contributed by atoms with van der Waals surface area (Å²) in [7, 11) is 1.49. The molecule has 0 spiro atoms. The van der Waals surface area contributed by atoms with Crippen LogP contribution >= 0.6 is 0 Å². The molecule has 0 N–H and O–H groups in total. The quantitative estimate of drug-likeness (QED) is 0.338. The Kier molecular flexibility index (Phi) is 8.71. The van der Waals surface area contributed by atoms with E-state index in [9.17, 15) is 14.4 Å². The van der Waals surface area contributed by atoms with Gasteiger partial charge in [-0.05, 0) is 55.1 Å². The first-order valence-electron chi connectivity index (χ1n) is 16.3. The molecule has 2 aliphatic carbocycles. The van der Waals surface area contributed by atoms with E-state index in [0.717, 1.165) is 12.8 Å². The van der Waals surface area contributed by atoms with Crippen LogP contribution in [0.15, 0.2) is 18.2 Å². The Morgan fingerprint density at radius 1 is 1.09 bits per heavy atom. The number of amides is 1. The van der Waals surface area contributed by atoms with Gasteiger partial charge in [-0.15, -0.1) is 0 Å².